The fraction of sp³-hybridized carbons (Fsp3) is 0.444. The van der Waals surface area contributed by atoms with Gasteiger partial charge in [0.25, 0.3) is 0 Å². The molecule has 0 bridgehead atoms. The molecule has 2 aromatic rings. The first-order valence-electron chi connectivity index (χ1n) is 8.20. The molecule has 1 saturated heterocycles. The van der Waals surface area contributed by atoms with E-state index in [1.807, 2.05) is 41.5 Å². The molecule has 0 aliphatic carbocycles. The van der Waals surface area contributed by atoms with Crippen molar-refractivity contribution < 1.29 is 14.6 Å². The highest BCUT2D eigenvalue weighted by Gasteiger charge is 2.28. The van der Waals surface area contributed by atoms with Crippen molar-refractivity contribution in [1.82, 2.24) is 9.88 Å². The molecule has 1 fully saturated rings. The van der Waals surface area contributed by atoms with E-state index in [9.17, 15) is 9.90 Å². The number of ether oxygens (including phenoxy) is 1. The molecule has 3 rings (SSSR count). The minimum Gasteiger partial charge on any atom is -0.486 e. The highest BCUT2D eigenvalue weighted by molar-refractivity contribution is 7.10. The van der Waals surface area contributed by atoms with Crippen LogP contribution in [0.4, 0.5) is 0 Å². The van der Waals surface area contributed by atoms with Crippen LogP contribution in [-0.4, -0.2) is 46.2 Å². The second-order valence-corrected chi connectivity index (χ2v) is 7.06. The molecule has 0 unspecified atom stereocenters. The van der Waals surface area contributed by atoms with Gasteiger partial charge < -0.3 is 14.7 Å². The van der Waals surface area contributed by atoms with E-state index in [1.165, 1.54) is 0 Å². The number of aliphatic hydroxyl groups excluding tert-OH is 1. The molecule has 2 atom stereocenters. The zero-order valence-corrected chi connectivity index (χ0v) is 14.5. The Labute approximate surface area is 145 Å². The Morgan fingerprint density at radius 1 is 1.38 bits per heavy atom. The SMILES string of the molecule is Cc1ncccc1O[C@H]1CCN(C(=O)Cc2cccs2)CC[C@@H]1O. The van der Waals surface area contributed by atoms with Crippen molar-refractivity contribution in [1.29, 1.82) is 0 Å². The monoisotopic (exact) mass is 346 g/mol. The molecular weight excluding hydrogens is 324 g/mol. The van der Waals surface area contributed by atoms with Gasteiger partial charge in [0.1, 0.15) is 11.9 Å². The first-order chi connectivity index (χ1) is 11.6. The maximum absolute atomic E-state index is 12.4. The number of aromatic nitrogens is 1. The summed E-state index contributed by atoms with van der Waals surface area (Å²) in [5, 5.41) is 12.4. The number of nitrogens with zero attached hydrogens (tertiary/aromatic N) is 2. The Kier molecular flexibility index (Phi) is 5.48. The number of carbonyl (C=O) groups excluding carboxylic acids is 1. The van der Waals surface area contributed by atoms with E-state index in [0.717, 1.165) is 10.6 Å². The molecule has 128 valence electrons. The van der Waals surface area contributed by atoms with E-state index >= 15 is 0 Å². The van der Waals surface area contributed by atoms with Crippen LogP contribution in [0, 0.1) is 6.92 Å². The number of aliphatic hydroxyl groups is 1. The molecule has 1 aliphatic rings. The van der Waals surface area contributed by atoms with Crippen LogP contribution in [0.1, 0.15) is 23.4 Å². The van der Waals surface area contributed by atoms with Crippen molar-refractivity contribution in [2.45, 2.75) is 38.4 Å². The van der Waals surface area contributed by atoms with E-state index in [2.05, 4.69) is 4.98 Å². The lowest BCUT2D eigenvalue weighted by Crippen LogP contribution is -2.33. The van der Waals surface area contributed by atoms with Crippen LogP contribution in [0.2, 0.25) is 0 Å². The molecule has 1 N–H and O–H groups in total. The third-order valence-corrected chi connectivity index (χ3v) is 5.18. The summed E-state index contributed by atoms with van der Waals surface area (Å²) in [6.07, 6.45) is 2.40. The summed E-state index contributed by atoms with van der Waals surface area (Å²) in [7, 11) is 0. The quantitative estimate of drug-likeness (QED) is 0.923. The van der Waals surface area contributed by atoms with Crippen LogP contribution in [-0.2, 0) is 11.2 Å². The molecule has 24 heavy (non-hydrogen) atoms. The molecule has 3 heterocycles. The average Bonchev–Trinajstić information content (AvgIpc) is 3.00. The second kappa shape index (κ2) is 7.77. The Balaban J connectivity index is 1.60. The summed E-state index contributed by atoms with van der Waals surface area (Å²) in [6.45, 7) is 3.05. The van der Waals surface area contributed by atoms with Gasteiger partial charge in [-0.2, -0.15) is 0 Å². The normalized spacial score (nSPS) is 21.3. The van der Waals surface area contributed by atoms with Gasteiger partial charge in [0, 0.05) is 30.6 Å². The molecule has 2 aromatic heterocycles. The van der Waals surface area contributed by atoms with Crippen LogP contribution in [0.5, 0.6) is 5.75 Å². The lowest BCUT2D eigenvalue weighted by atomic mass is 10.1. The molecule has 1 amide bonds. The van der Waals surface area contributed by atoms with E-state index in [1.54, 1.807) is 17.5 Å². The van der Waals surface area contributed by atoms with Crippen molar-refractivity contribution >= 4 is 17.2 Å². The van der Waals surface area contributed by atoms with Crippen LogP contribution in [0.25, 0.3) is 0 Å². The zero-order chi connectivity index (χ0) is 16.9. The number of thiophene rings is 1. The van der Waals surface area contributed by atoms with Gasteiger partial charge in [-0.05, 0) is 36.9 Å². The minimum atomic E-state index is -0.579. The smallest absolute Gasteiger partial charge is 0.227 e. The van der Waals surface area contributed by atoms with E-state index in [0.29, 0.717) is 38.1 Å². The van der Waals surface area contributed by atoms with Crippen LogP contribution in [0.15, 0.2) is 35.8 Å². The zero-order valence-electron chi connectivity index (χ0n) is 13.7. The Hall–Kier alpha value is -1.92. The van der Waals surface area contributed by atoms with Crippen molar-refractivity contribution in [3.63, 3.8) is 0 Å². The third-order valence-electron chi connectivity index (χ3n) is 4.30. The molecule has 0 radical (unpaired) electrons. The fourth-order valence-electron chi connectivity index (χ4n) is 2.88. The third kappa shape index (κ3) is 4.13. The van der Waals surface area contributed by atoms with Crippen molar-refractivity contribution in [3.05, 3.63) is 46.4 Å². The molecule has 0 aromatic carbocycles. The molecule has 0 saturated carbocycles. The fourth-order valence-corrected chi connectivity index (χ4v) is 3.58. The molecule has 1 aliphatic heterocycles. The molecule has 0 spiro atoms. The van der Waals surface area contributed by atoms with Gasteiger partial charge in [-0.15, -0.1) is 11.3 Å². The Morgan fingerprint density at radius 3 is 2.96 bits per heavy atom. The summed E-state index contributed by atoms with van der Waals surface area (Å²) in [4.78, 5) is 19.6. The van der Waals surface area contributed by atoms with Gasteiger partial charge >= 0.3 is 0 Å². The topological polar surface area (TPSA) is 62.7 Å². The van der Waals surface area contributed by atoms with Gasteiger partial charge in [-0.25, -0.2) is 0 Å². The number of likely N-dealkylation sites (tertiary alicyclic amines) is 1. The number of rotatable bonds is 4. The number of aryl methyl sites for hydroxylation is 1. The average molecular weight is 346 g/mol. The van der Waals surface area contributed by atoms with Crippen molar-refractivity contribution in [3.8, 4) is 5.75 Å². The Morgan fingerprint density at radius 2 is 2.21 bits per heavy atom. The predicted molar refractivity (Wildman–Crippen MR) is 93.2 cm³/mol. The number of amides is 1. The van der Waals surface area contributed by atoms with E-state index in [-0.39, 0.29) is 12.0 Å². The summed E-state index contributed by atoms with van der Waals surface area (Å²) in [5.74, 6) is 0.808. The highest BCUT2D eigenvalue weighted by Crippen LogP contribution is 2.22. The second-order valence-electron chi connectivity index (χ2n) is 6.02. The van der Waals surface area contributed by atoms with Gasteiger partial charge in [-0.1, -0.05) is 6.07 Å². The van der Waals surface area contributed by atoms with E-state index < -0.39 is 6.10 Å². The number of pyridine rings is 1. The van der Waals surface area contributed by atoms with Crippen LogP contribution < -0.4 is 4.74 Å². The number of carbonyl (C=O) groups is 1. The highest BCUT2D eigenvalue weighted by atomic mass is 32.1. The van der Waals surface area contributed by atoms with Crippen molar-refractivity contribution in [2.24, 2.45) is 0 Å². The first kappa shape index (κ1) is 16.9. The van der Waals surface area contributed by atoms with Crippen LogP contribution >= 0.6 is 11.3 Å². The lowest BCUT2D eigenvalue weighted by Gasteiger charge is -2.22. The Bertz CT molecular complexity index is 675. The minimum absolute atomic E-state index is 0.114. The largest absolute Gasteiger partial charge is 0.486 e. The summed E-state index contributed by atoms with van der Waals surface area (Å²) >= 11 is 1.60. The van der Waals surface area contributed by atoms with E-state index in [4.69, 9.17) is 4.74 Å². The maximum atomic E-state index is 12.4. The summed E-state index contributed by atoms with van der Waals surface area (Å²) in [5.41, 5.74) is 0.805. The van der Waals surface area contributed by atoms with Crippen LogP contribution in [0.3, 0.4) is 0 Å². The first-order valence-corrected chi connectivity index (χ1v) is 9.08. The summed E-state index contributed by atoms with van der Waals surface area (Å²) < 4.78 is 5.96. The van der Waals surface area contributed by atoms with Gasteiger partial charge in [0.15, 0.2) is 0 Å². The standard InChI is InChI=1S/C18H22N2O3S/c1-13-16(5-2-8-19-13)23-17-7-10-20(9-6-15(17)21)18(22)12-14-4-3-11-24-14/h2-5,8,11,15,17,21H,6-7,9-10,12H2,1H3/t15-,17-/m0/s1. The maximum Gasteiger partial charge on any atom is 0.227 e. The van der Waals surface area contributed by atoms with Gasteiger partial charge in [0.05, 0.1) is 18.2 Å². The summed E-state index contributed by atoms with van der Waals surface area (Å²) in [6, 6.07) is 7.62. The lowest BCUT2D eigenvalue weighted by molar-refractivity contribution is -0.130. The number of hydrogen-bond acceptors (Lipinski definition) is 5. The molecular formula is C18H22N2O3S. The molecule has 6 heteroatoms. The van der Waals surface area contributed by atoms with Gasteiger partial charge in [-0.3, -0.25) is 9.78 Å². The van der Waals surface area contributed by atoms with Gasteiger partial charge in [0.2, 0.25) is 5.91 Å². The predicted octanol–water partition coefficient (Wildman–Crippen LogP) is 2.42. The number of hydrogen-bond donors (Lipinski definition) is 1. The molecule has 5 nitrogen and oxygen atoms in total. The van der Waals surface area contributed by atoms with Crippen molar-refractivity contribution in [2.75, 3.05) is 13.1 Å².